The highest BCUT2D eigenvalue weighted by molar-refractivity contribution is 7.00. The van der Waals surface area contributed by atoms with E-state index in [4.69, 9.17) is 9.47 Å². The lowest BCUT2D eigenvalue weighted by atomic mass is 9.97. The van der Waals surface area contributed by atoms with Gasteiger partial charge in [0.2, 0.25) is 0 Å². The molecule has 41 heavy (non-hydrogen) atoms. The fourth-order valence-electron chi connectivity index (χ4n) is 4.81. The first-order valence-electron chi connectivity index (χ1n) is 14.9. The van der Waals surface area contributed by atoms with Crippen LogP contribution in [0.1, 0.15) is 98.8 Å². The molecule has 0 spiro atoms. The van der Waals surface area contributed by atoms with E-state index in [9.17, 15) is 9.59 Å². The van der Waals surface area contributed by atoms with Crippen LogP contribution in [0.2, 0.25) is 0 Å². The van der Waals surface area contributed by atoms with Crippen LogP contribution in [0.5, 0.6) is 0 Å². The third-order valence-corrected chi connectivity index (χ3v) is 7.77. The lowest BCUT2D eigenvalue weighted by Crippen LogP contribution is -2.06. The summed E-state index contributed by atoms with van der Waals surface area (Å²) in [7, 11) is 0. The van der Waals surface area contributed by atoms with E-state index in [1.165, 1.54) is 50.3 Å². The summed E-state index contributed by atoms with van der Waals surface area (Å²) < 4.78 is 20.1. The number of hydrogen-bond acceptors (Lipinski definition) is 7. The molecule has 4 aromatic rings. The third-order valence-electron chi connectivity index (χ3n) is 7.24. The smallest absolute Gasteiger partial charge is 0.338 e. The number of fused-ring (bicyclic) bond motifs is 1. The molecule has 0 saturated carbocycles. The molecule has 0 fully saturated rings. The molecule has 1 aromatic heterocycles. The minimum Gasteiger partial charge on any atom is -0.462 e. The van der Waals surface area contributed by atoms with E-state index in [1.807, 2.05) is 36.4 Å². The number of aromatic nitrogens is 2. The van der Waals surface area contributed by atoms with Gasteiger partial charge in [0, 0.05) is 11.1 Å². The molecule has 0 bridgehead atoms. The Bertz CT molecular complexity index is 1290. The fraction of sp³-hybridized carbons (Fsp3) is 0.412. The predicted molar refractivity (Wildman–Crippen MR) is 166 cm³/mol. The summed E-state index contributed by atoms with van der Waals surface area (Å²) in [5.41, 5.74) is 6.52. The van der Waals surface area contributed by atoms with E-state index in [2.05, 4.69) is 22.6 Å². The number of nitrogens with zero attached hydrogens (tertiary/aromatic N) is 2. The highest BCUT2D eigenvalue weighted by Gasteiger charge is 2.15. The van der Waals surface area contributed by atoms with Crippen molar-refractivity contribution in [2.24, 2.45) is 0 Å². The molecule has 1 heterocycles. The van der Waals surface area contributed by atoms with Crippen molar-refractivity contribution in [1.82, 2.24) is 8.75 Å². The van der Waals surface area contributed by atoms with Crippen molar-refractivity contribution in [1.29, 1.82) is 0 Å². The average Bonchev–Trinajstić information content (AvgIpc) is 3.50. The number of unbranched alkanes of at least 4 members (excludes halogenated alkanes) is 8. The topological polar surface area (TPSA) is 78.4 Å². The van der Waals surface area contributed by atoms with Gasteiger partial charge < -0.3 is 9.47 Å². The van der Waals surface area contributed by atoms with Gasteiger partial charge in [-0.15, -0.1) is 0 Å². The van der Waals surface area contributed by atoms with Crippen LogP contribution in [0.3, 0.4) is 0 Å². The zero-order chi connectivity index (χ0) is 28.9. The number of carbonyl (C=O) groups excluding carboxylic acids is 2. The molecule has 4 rings (SSSR count). The second kappa shape index (κ2) is 16.0. The van der Waals surface area contributed by atoms with E-state index >= 15 is 0 Å². The summed E-state index contributed by atoms with van der Waals surface area (Å²) in [5.74, 6) is -0.579. The Kier molecular flexibility index (Phi) is 11.9. The van der Waals surface area contributed by atoms with Gasteiger partial charge in [-0.25, -0.2) is 9.59 Å². The fourth-order valence-corrected chi connectivity index (χ4v) is 5.39. The number of esters is 2. The minimum atomic E-state index is -0.290. The van der Waals surface area contributed by atoms with Crippen LogP contribution in [0.4, 0.5) is 0 Å². The van der Waals surface area contributed by atoms with Gasteiger partial charge in [-0.05, 0) is 48.2 Å². The molecule has 0 aliphatic rings. The number of carbonyl (C=O) groups is 2. The lowest BCUT2D eigenvalue weighted by Gasteiger charge is -2.09. The summed E-state index contributed by atoms with van der Waals surface area (Å²) in [6, 6.07) is 19.0. The maximum atomic E-state index is 12.4. The zero-order valence-corrected chi connectivity index (χ0v) is 25.0. The Hall–Kier alpha value is -3.58. The molecule has 0 radical (unpaired) electrons. The SMILES string of the molecule is CCCCCCCOC(=O)c1ccc(-c2ccc(-c3ccc(C(=O)OCCCCCCC)cc3)c3nsnc23)cc1. The van der Waals surface area contributed by atoms with Gasteiger partial charge in [0.05, 0.1) is 36.1 Å². The lowest BCUT2D eigenvalue weighted by molar-refractivity contribution is 0.0488. The van der Waals surface area contributed by atoms with Crippen molar-refractivity contribution in [2.45, 2.75) is 78.1 Å². The van der Waals surface area contributed by atoms with Crippen LogP contribution in [-0.4, -0.2) is 33.9 Å². The first kappa shape index (κ1) is 30.4. The number of hydrogen-bond donors (Lipinski definition) is 0. The molecule has 3 aromatic carbocycles. The Morgan fingerprint density at radius 1 is 0.561 bits per heavy atom. The summed E-state index contributed by atoms with van der Waals surface area (Å²) in [4.78, 5) is 24.9. The first-order chi connectivity index (χ1) is 20.1. The third kappa shape index (κ3) is 8.46. The molecule has 0 aliphatic heterocycles. The molecule has 0 atom stereocenters. The van der Waals surface area contributed by atoms with Crippen molar-refractivity contribution in [3.8, 4) is 22.3 Å². The molecule has 7 heteroatoms. The highest BCUT2D eigenvalue weighted by Crippen LogP contribution is 2.34. The largest absolute Gasteiger partial charge is 0.462 e. The van der Waals surface area contributed by atoms with Crippen LogP contribution >= 0.6 is 11.7 Å². The van der Waals surface area contributed by atoms with Crippen LogP contribution in [0.25, 0.3) is 33.3 Å². The number of ether oxygens (including phenoxy) is 2. The molecule has 216 valence electrons. The van der Waals surface area contributed by atoms with Crippen LogP contribution in [0.15, 0.2) is 60.7 Å². The van der Waals surface area contributed by atoms with Gasteiger partial charge in [-0.2, -0.15) is 8.75 Å². The van der Waals surface area contributed by atoms with E-state index < -0.39 is 0 Å². The molecule has 0 N–H and O–H groups in total. The summed E-state index contributed by atoms with van der Waals surface area (Å²) in [6.07, 6.45) is 11.2. The second-order valence-electron chi connectivity index (χ2n) is 10.4. The average molecular weight is 573 g/mol. The molecular weight excluding hydrogens is 532 g/mol. The number of benzene rings is 3. The van der Waals surface area contributed by atoms with Gasteiger partial charge in [0.15, 0.2) is 0 Å². The zero-order valence-electron chi connectivity index (χ0n) is 24.2. The van der Waals surface area contributed by atoms with E-state index in [1.54, 1.807) is 24.3 Å². The minimum absolute atomic E-state index is 0.290. The standard InChI is InChI=1S/C34H40N2O4S/c1-3-5-7-9-11-23-39-33(37)27-17-13-25(14-18-27)29-21-22-30(32-31(29)35-41-36-32)26-15-19-28(20-16-26)34(38)40-24-12-10-8-6-4-2/h13-22H,3-12,23-24H2,1-2H3. The van der Waals surface area contributed by atoms with E-state index in [0.717, 1.165) is 59.0 Å². The van der Waals surface area contributed by atoms with Crippen LogP contribution in [0, 0.1) is 0 Å². The van der Waals surface area contributed by atoms with Crippen LogP contribution < -0.4 is 0 Å². The van der Waals surface area contributed by atoms with Crippen molar-refractivity contribution in [2.75, 3.05) is 13.2 Å². The van der Waals surface area contributed by atoms with Gasteiger partial charge in [0.1, 0.15) is 11.0 Å². The van der Waals surface area contributed by atoms with Crippen LogP contribution in [-0.2, 0) is 9.47 Å². The maximum absolute atomic E-state index is 12.4. The van der Waals surface area contributed by atoms with Crippen molar-refractivity contribution < 1.29 is 19.1 Å². The quantitative estimate of drug-likeness (QED) is 0.0983. The van der Waals surface area contributed by atoms with E-state index in [0.29, 0.717) is 24.3 Å². The van der Waals surface area contributed by atoms with Gasteiger partial charge >= 0.3 is 11.9 Å². The Morgan fingerprint density at radius 2 is 0.951 bits per heavy atom. The summed E-state index contributed by atoms with van der Waals surface area (Å²) >= 11 is 1.17. The van der Waals surface area contributed by atoms with Gasteiger partial charge in [-0.1, -0.05) is 102 Å². The molecule has 0 aliphatic carbocycles. The first-order valence-corrected chi connectivity index (χ1v) is 15.7. The normalized spacial score (nSPS) is 11.1. The second-order valence-corrected chi connectivity index (χ2v) is 10.9. The Labute approximate surface area is 247 Å². The molecule has 0 amide bonds. The van der Waals surface area contributed by atoms with Crippen molar-refractivity contribution >= 4 is 34.7 Å². The molecular formula is C34H40N2O4S. The van der Waals surface area contributed by atoms with Gasteiger partial charge in [0.25, 0.3) is 0 Å². The molecule has 6 nitrogen and oxygen atoms in total. The summed E-state index contributed by atoms with van der Waals surface area (Å²) in [6.45, 7) is 5.28. The Morgan fingerprint density at radius 3 is 1.34 bits per heavy atom. The highest BCUT2D eigenvalue weighted by atomic mass is 32.1. The Balaban J connectivity index is 1.39. The van der Waals surface area contributed by atoms with Crippen molar-refractivity contribution in [3.05, 3.63) is 71.8 Å². The number of rotatable bonds is 16. The molecule has 0 unspecified atom stereocenters. The monoisotopic (exact) mass is 572 g/mol. The maximum Gasteiger partial charge on any atom is 0.338 e. The van der Waals surface area contributed by atoms with Crippen molar-refractivity contribution in [3.63, 3.8) is 0 Å². The molecule has 0 saturated heterocycles. The summed E-state index contributed by atoms with van der Waals surface area (Å²) in [5, 5.41) is 0. The van der Waals surface area contributed by atoms with Gasteiger partial charge in [-0.3, -0.25) is 0 Å². The predicted octanol–water partition coefficient (Wildman–Crippen LogP) is 9.28. The van der Waals surface area contributed by atoms with E-state index in [-0.39, 0.29) is 11.9 Å².